The Morgan fingerprint density at radius 3 is 2.75 bits per heavy atom. The molecule has 0 amide bonds. The van der Waals surface area contributed by atoms with Gasteiger partial charge in [0.15, 0.2) is 11.5 Å². The van der Waals surface area contributed by atoms with Crippen molar-refractivity contribution >= 4 is 5.69 Å². The van der Waals surface area contributed by atoms with Crippen molar-refractivity contribution in [3.63, 3.8) is 0 Å². The summed E-state index contributed by atoms with van der Waals surface area (Å²) in [5.41, 5.74) is 2.93. The second-order valence-corrected chi connectivity index (χ2v) is 5.00. The summed E-state index contributed by atoms with van der Waals surface area (Å²) >= 11 is 0. The molecule has 0 saturated carbocycles. The van der Waals surface area contributed by atoms with Crippen LogP contribution in [0.3, 0.4) is 0 Å². The number of rotatable bonds is 3. The third kappa shape index (κ3) is 2.37. The molecule has 104 valence electrons. The van der Waals surface area contributed by atoms with E-state index in [-0.39, 0.29) is 12.8 Å². The van der Waals surface area contributed by atoms with Gasteiger partial charge in [-0.3, -0.25) is 0 Å². The molecular formula is C16H17NO3. The molecule has 0 fully saturated rings. The van der Waals surface area contributed by atoms with E-state index >= 15 is 0 Å². The van der Waals surface area contributed by atoms with Gasteiger partial charge in [-0.2, -0.15) is 0 Å². The van der Waals surface area contributed by atoms with Crippen LogP contribution < -0.4 is 14.8 Å². The molecule has 2 aromatic rings. The molecule has 1 aliphatic heterocycles. The van der Waals surface area contributed by atoms with Crippen molar-refractivity contribution in [2.75, 3.05) is 12.1 Å². The number of hydrogen-bond donors (Lipinski definition) is 2. The molecule has 0 spiro atoms. The molecule has 2 aromatic carbocycles. The van der Waals surface area contributed by atoms with Gasteiger partial charge in [-0.15, -0.1) is 0 Å². The predicted octanol–water partition coefficient (Wildman–Crippen LogP) is 3.60. The zero-order chi connectivity index (χ0) is 14.1. The van der Waals surface area contributed by atoms with Crippen molar-refractivity contribution in [2.24, 2.45) is 0 Å². The van der Waals surface area contributed by atoms with Gasteiger partial charge in [0.1, 0.15) is 5.75 Å². The summed E-state index contributed by atoms with van der Waals surface area (Å²) in [6.45, 7) is 4.29. The van der Waals surface area contributed by atoms with Gasteiger partial charge in [-0.05, 0) is 32.0 Å². The molecule has 0 aliphatic carbocycles. The fourth-order valence-corrected chi connectivity index (χ4v) is 2.33. The summed E-state index contributed by atoms with van der Waals surface area (Å²) < 4.78 is 10.6. The van der Waals surface area contributed by atoms with Crippen molar-refractivity contribution in [3.8, 4) is 17.2 Å². The lowest BCUT2D eigenvalue weighted by molar-refractivity contribution is 0.174. The van der Waals surface area contributed by atoms with E-state index in [1.165, 1.54) is 0 Å². The fraction of sp³-hybridized carbons (Fsp3) is 0.250. The molecule has 0 bridgehead atoms. The predicted molar refractivity (Wildman–Crippen MR) is 77.4 cm³/mol. The lowest BCUT2D eigenvalue weighted by atomic mass is 10.0. The highest BCUT2D eigenvalue weighted by Crippen LogP contribution is 2.36. The van der Waals surface area contributed by atoms with E-state index in [4.69, 9.17) is 9.47 Å². The average Bonchev–Trinajstić information content (AvgIpc) is 2.89. The summed E-state index contributed by atoms with van der Waals surface area (Å²) in [6, 6.07) is 11.3. The normalized spacial score (nSPS) is 14.1. The lowest BCUT2D eigenvalue weighted by Gasteiger charge is -2.17. The Morgan fingerprint density at radius 2 is 1.90 bits per heavy atom. The first kappa shape index (κ1) is 12.7. The fourth-order valence-electron chi connectivity index (χ4n) is 2.33. The summed E-state index contributed by atoms with van der Waals surface area (Å²) in [7, 11) is 0. The zero-order valence-corrected chi connectivity index (χ0v) is 11.5. The molecule has 1 atom stereocenters. The van der Waals surface area contributed by atoms with Crippen LogP contribution in [-0.4, -0.2) is 11.9 Å². The van der Waals surface area contributed by atoms with Crippen LogP contribution in [0.15, 0.2) is 36.4 Å². The maximum absolute atomic E-state index is 9.95. The molecule has 1 unspecified atom stereocenters. The Balaban J connectivity index is 1.82. The molecule has 2 N–H and O–H groups in total. The van der Waals surface area contributed by atoms with Crippen LogP contribution in [0.4, 0.5) is 5.69 Å². The van der Waals surface area contributed by atoms with Gasteiger partial charge in [-0.25, -0.2) is 0 Å². The molecule has 1 aliphatic rings. The van der Waals surface area contributed by atoms with Crippen LogP contribution in [-0.2, 0) is 0 Å². The number of aryl methyl sites for hydroxylation is 1. The van der Waals surface area contributed by atoms with Crippen LogP contribution in [0.2, 0.25) is 0 Å². The highest BCUT2D eigenvalue weighted by Gasteiger charge is 2.15. The first-order valence-electron chi connectivity index (χ1n) is 6.59. The molecule has 0 aromatic heterocycles. The minimum atomic E-state index is -0.00438. The molecule has 0 radical (unpaired) electrons. The maximum atomic E-state index is 9.95. The smallest absolute Gasteiger partial charge is 0.231 e. The van der Waals surface area contributed by atoms with E-state index in [0.717, 1.165) is 28.3 Å². The van der Waals surface area contributed by atoms with E-state index in [1.54, 1.807) is 6.07 Å². The van der Waals surface area contributed by atoms with Gasteiger partial charge in [0.25, 0.3) is 0 Å². The number of benzene rings is 2. The second kappa shape index (κ2) is 4.96. The number of nitrogens with one attached hydrogen (secondary N) is 1. The zero-order valence-electron chi connectivity index (χ0n) is 11.5. The Kier molecular flexibility index (Phi) is 3.14. The van der Waals surface area contributed by atoms with Crippen molar-refractivity contribution in [1.29, 1.82) is 0 Å². The maximum Gasteiger partial charge on any atom is 0.231 e. The molecular weight excluding hydrogens is 254 g/mol. The standard InChI is InChI=1S/C16H17NO3/c1-10-3-5-14(18)13(7-10)11(2)17-12-4-6-15-16(8-12)20-9-19-15/h3-8,11,17-18H,9H2,1-2H3. The molecule has 4 nitrogen and oxygen atoms in total. The van der Waals surface area contributed by atoms with E-state index in [2.05, 4.69) is 5.32 Å². The average molecular weight is 271 g/mol. The summed E-state index contributed by atoms with van der Waals surface area (Å²) in [5, 5.41) is 13.3. The van der Waals surface area contributed by atoms with Gasteiger partial charge in [0.2, 0.25) is 6.79 Å². The van der Waals surface area contributed by atoms with E-state index in [1.807, 2.05) is 44.2 Å². The summed E-state index contributed by atoms with van der Waals surface area (Å²) in [6.07, 6.45) is 0. The number of fused-ring (bicyclic) bond motifs is 1. The van der Waals surface area contributed by atoms with Crippen LogP contribution in [0.25, 0.3) is 0 Å². The number of anilines is 1. The Labute approximate surface area is 118 Å². The quantitative estimate of drug-likeness (QED) is 0.895. The third-order valence-corrected chi connectivity index (χ3v) is 3.41. The minimum Gasteiger partial charge on any atom is -0.508 e. The minimum absolute atomic E-state index is 0.00438. The van der Waals surface area contributed by atoms with E-state index in [9.17, 15) is 5.11 Å². The Morgan fingerprint density at radius 1 is 1.10 bits per heavy atom. The highest BCUT2D eigenvalue weighted by molar-refractivity contribution is 5.57. The molecule has 0 saturated heterocycles. The lowest BCUT2D eigenvalue weighted by Crippen LogP contribution is -2.07. The summed E-state index contributed by atoms with van der Waals surface area (Å²) in [4.78, 5) is 0. The van der Waals surface area contributed by atoms with Gasteiger partial charge >= 0.3 is 0 Å². The van der Waals surface area contributed by atoms with Crippen LogP contribution >= 0.6 is 0 Å². The van der Waals surface area contributed by atoms with Gasteiger partial charge < -0.3 is 19.9 Å². The Hall–Kier alpha value is -2.36. The number of ether oxygens (including phenoxy) is 2. The van der Waals surface area contributed by atoms with Gasteiger partial charge in [-0.1, -0.05) is 17.7 Å². The van der Waals surface area contributed by atoms with Gasteiger partial charge in [0, 0.05) is 17.3 Å². The number of aromatic hydroxyl groups is 1. The molecule has 20 heavy (non-hydrogen) atoms. The third-order valence-electron chi connectivity index (χ3n) is 3.41. The molecule has 1 heterocycles. The van der Waals surface area contributed by atoms with Crippen LogP contribution in [0.1, 0.15) is 24.1 Å². The summed E-state index contributed by atoms with van der Waals surface area (Å²) in [5.74, 6) is 1.81. The number of phenols is 1. The van der Waals surface area contributed by atoms with Crippen molar-refractivity contribution in [1.82, 2.24) is 0 Å². The van der Waals surface area contributed by atoms with E-state index in [0.29, 0.717) is 5.75 Å². The Bertz CT molecular complexity index is 640. The first-order chi connectivity index (χ1) is 9.63. The van der Waals surface area contributed by atoms with Crippen molar-refractivity contribution in [2.45, 2.75) is 19.9 Å². The monoisotopic (exact) mass is 271 g/mol. The number of hydrogen-bond acceptors (Lipinski definition) is 4. The number of phenolic OH excluding ortho intramolecular Hbond substituents is 1. The van der Waals surface area contributed by atoms with Gasteiger partial charge in [0.05, 0.1) is 6.04 Å². The SMILES string of the molecule is Cc1ccc(O)c(C(C)Nc2ccc3c(c2)OCO3)c1. The largest absolute Gasteiger partial charge is 0.508 e. The highest BCUT2D eigenvalue weighted by atomic mass is 16.7. The van der Waals surface area contributed by atoms with E-state index < -0.39 is 0 Å². The first-order valence-corrected chi connectivity index (χ1v) is 6.59. The van der Waals surface area contributed by atoms with Crippen molar-refractivity contribution < 1.29 is 14.6 Å². The van der Waals surface area contributed by atoms with Crippen LogP contribution in [0.5, 0.6) is 17.2 Å². The molecule has 4 heteroatoms. The second-order valence-electron chi connectivity index (χ2n) is 5.00. The van der Waals surface area contributed by atoms with Crippen molar-refractivity contribution in [3.05, 3.63) is 47.5 Å². The topological polar surface area (TPSA) is 50.7 Å². The molecule has 3 rings (SSSR count). The van der Waals surface area contributed by atoms with Crippen LogP contribution in [0, 0.1) is 6.92 Å².